The third kappa shape index (κ3) is 3.01. The number of halogens is 1. The fraction of sp³-hybridized carbons (Fsp3) is 0.385. The monoisotopic (exact) mass is 281 g/mol. The lowest BCUT2D eigenvalue weighted by atomic mass is 10.1. The first-order valence-electron chi connectivity index (χ1n) is 6.07. The Labute approximate surface area is 117 Å². The fourth-order valence-corrected chi connectivity index (χ4v) is 2.24. The summed E-state index contributed by atoms with van der Waals surface area (Å²) >= 11 is 4.81. The molecule has 0 spiro atoms. The summed E-state index contributed by atoms with van der Waals surface area (Å²) in [5, 5.41) is 0. The minimum Gasteiger partial charge on any atom is -0.389 e. The first-order chi connectivity index (χ1) is 8.99. The van der Waals surface area contributed by atoms with Crippen LogP contribution in [0.3, 0.4) is 0 Å². The van der Waals surface area contributed by atoms with Crippen molar-refractivity contribution in [1.82, 2.24) is 4.90 Å². The zero-order chi connectivity index (χ0) is 14.0. The van der Waals surface area contributed by atoms with Crippen molar-refractivity contribution < 1.29 is 9.18 Å². The number of hydrogen-bond donors (Lipinski definition) is 1. The van der Waals surface area contributed by atoms with Crippen molar-refractivity contribution >= 4 is 28.8 Å². The van der Waals surface area contributed by atoms with E-state index < -0.39 is 5.82 Å². The van der Waals surface area contributed by atoms with Gasteiger partial charge < -0.3 is 15.5 Å². The van der Waals surface area contributed by atoms with Crippen LogP contribution in [-0.2, 0) is 4.79 Å². The molecule has 2 N–H and O–H groups in total. The average Bonchev–Trinajstić information content (AvgIpc) is 2.52. The molecule has 1 aromatic carbocycles. The highest BCUT2D eigenvalue weighted by atomic mass is 32.1. The van der Waals surface area contributed by atoms with Gasteiger partial charge in [0.05, 0.1) is 12.2 Å². The number of hydrogen-bond acceptors (Lipinski definition) is 3. The molecule has 0 atom stereocenters. The van der Waals surface area contributed by atoms with Gasteiger partial charge in [-0.2, -0.15) is 0 Å². The van der Waals surface area contributed by atoms with Crippen LogP contribution in [0.1, 0.15) is 12.0 Å². The molecule has 0 radical (unpaired) electrons. The highest BCUT2D eigenvalue weighted by Gasteiger charge is 2.21. The van der Waals surface area contributed by atoms with Gasteiger partial charge in [-0.3, -0.25) is 4.79 Å². The molecular weight excluding hydrogens is 265 g/mol. The smallest absolute Gasteiger partial charge is 0.241 e. The number of rotatable bonds is 2. The standard InChI is InChI=1S/C13H16FN3OS/c1-16-5-2-6-17(8-12(16)18)11-4-3-9(13(15)19)7-10(11)14/h3-4,7H,2,5-6,8H2,1H3,(H2,15,19). The summed E-state index contributed by atoms with van der Waals surface area (Å²) in [4.78, 5) is 15.4. The third-order valence-corrected chi connectivity index (χ3v) is 3.48. The Morgan fingerprint density at radius 3 is 2.79 bits per heavy atom. The highest BCUT2D eigenvalue weighted by molar-refractivity contribution is 7.80. The lowest BCUT2D eigenvalue weighted by Crippen LogP contribution is -2.34. The van der Waals surface area contributed by atoms with Gasteiger partial charge >= 0.3 is 0 Å². The van der Waals surface area contributed by atoms with Crippen molar-refractivity contribution in [2.75, 3.05) is 31.6 Å². The number of nitrogens with zero attached hydrogens (tertiary/aromatic N) is 2. The molecule has 2 rings (SSSR count). The van der Waals surface area contributed by atoms with Crippen LogP contribution in [0.2, 0.25) is 0 Å². The molecule has 0 bridgehead atoms. The maximum Gasteiger partial charge on any atom is 0.241 e. The van der Waals surface area contributed by atoms with E-state index in [1.165, 1.54) is 6.07 Å². The number of benzene rings is 1. The Morgan fingerprint density at radius 1 is 1.42 bits per heavy atom. The van der Waals surface area contributed by atoms with E-state index in [1.807, 2.05) is 0 Å². The third-order valence-electron chi connectivity index (χ3n) is 3.25. The quantitative estimate of drug-likeness (QED) is 0.826. The van der Waals surface area contributed by atoms with Crippen molar-refractivity contribution in [3.05, 3.63) is 29.6 Å². The van der Waals surface area contributed by atoms with Crippen molar-refractivity contribution in [1.29, 1.82) is 0 Å². The lowest BCUT2D eigenvalue weighted by molar-refractivity contribution is -0.127. The van der Waals surface area contributed by atoms with Gasteiger partial charge in [-0.1, -0.05) is 12.2 Å². The second-order valence-electron chi connectivity index (χ2n) is 4.62. The second kappa shape index (κ2) is 5.52. The molecule has 0 aromatic heterocycles. The second-order valence-corrected chi connectivity index (χ2v) is 5.06. The highest BCUT2D eigenvalue weighted by Crippen LogP contribution is 2.22. The van der Waals surface area contributed by atoms with Gasteiger partial charge in [-0.15, -0.1) is 0 Å². The van der Waals surface area contributed by atoms with E-state index in [9.17, 15) is 9.18 Å². The van der Waals surface area contributed by atoms with Gasteiger partial charge in [-0.25, -0.2) is 4.39 Å². The van der Waals surface area contributed by atoms with Crippen LogP contribution in [0.15, 0.2) is 18.2 Å². The van der Waals surface area contributed by atoms with Crippen molar-refractivity contribution in [2.45, 2.75) is 6.42 Å². The van der Waals surface area contributed by atoms with E-state index in [0.29, 0.717) is 24.3 Å². The van der Waals surface area contributed by atoms with Crippen LogP contribution >= 0.6 is 12.2 Å². The predicted molar refractivity (Wildman–Crippen MR) is 76.8 cm³/mol. The maximum atomic E-state index is 14.1. The van der Waals surface area contributed by atoms with Crippen molar-refractivity contribution in [2.24, 2.45) is 5.73 Å². The first-order valence-corrected chi connectivity index (χ1v) is 6.48. The van der Waals surface area contributed by atoms with E-state index in [4.69, 9.17) is 18.0 Å². The zero-order valence-corrected chi connectivity index (χ0v) is 11.5. The Kier molecular flexibility index (Phi) is 3.99. The number of anilines is 1. The summed E-state index contributed by atoms with van der Waals surface area (Å²) in [5.41, 5.74) is 6.38. The van der Waals surface area contributed by atoms with Gasteiger partial charge in [0.25, 0.3) is 0 Å². The molecular formula is C13H16FN3OS. The molecule has 4 nitrogen and oxygen atoms in total. The number of carbonyl (C=O) groups excluding carboxylic acids is 1. The van der Waals surface area contributed by atoms with Crippen molar-refractivity contribution in [3.63, 3.8) is 0 Å². The summed E-state index contributed by atoms with van der Waals surface area (Å²) in [6.07, 6.45) is 0.818. The number of amides is 1. The molecule has 1 amide bonds. The molecule has 1 aromatic rings. The Bertz CT molecular complexity index is 521. The minimum atomic E-state index is -0.400. The molecule has 1 fully saturated rings. The van der Waals surface area contributed by atoms with Gasteiger partial charge in [0.2, 0.25) is 5.91 Å². The van der Waals surface area contributed by atoms with Gasteiger partial charge in [-0.05, 0) is 24.6 Å². The van der Waals surface area contributed by atoms with Crippen molar-refractivity contribution in [3.8, 4) is 0 Å². The summed E-state index contributed by atoms with van der Waals surface area (Å²) in [6.45, 7) is 1.54. The zero-order valence-electron chi connectivity index (χ0n) is 10.7. The predicted octanol–water partition coefficient (Wildman–Crippen LogP) is 1.13. The van der Waals surface area contributed by atoms with Gasteiger partial charge in [0, 0.05) is 25.7 Å². The largest absolute Gasteiger partial charge is 0.389 e. The van der Waals surface area contributed by atoms with E-state index in [0.717, 1.165) is 6.42 Å². The first kappa shape index (κ1) is 13.7. The van der Waals surface area contributed by atoms with Crippen LogP contribution in [0, 0.1) is 5.82 Å². The molecule has 1 saturated heterocycles. The normalized spacial score (nSPS) is 16.4. The van der Waals surface area contributed by atoms with Gasteiger partial charge in [0.15, 0.2) is 0 Å². The van der Waals surface area contributed by atoms with E-state index in [2.05, 4.69) is 0 Å². The minimum absolute atomic E-state index is 0.00433. The summed E-state index contributed by atoms with van der Waals surface area (Å²) in [6, 6.07) is 4.62. The number of carbonyl (C=O) groups is 1. The number of nitrogens with two attached hydrogens (primary N) is 1. The summed E-state index contributed by atoms with van der Waals surface area (Å²) < 4.78 is 14.1. The lowest BCUT2D eigenvalue weighted by Gasteiger charge is -2.22. The van der Waals surface area contributed by atoms with Crippen LogP contribution in [0.4, 0.5) is 10.1 Å². The van der Waals surface area contributed by atoms with Crippen LogP contribution in [0.25, 0.3) is 0 Å². The van der Waals surface area contributed by atoms with E-state index in [1.54, 1.807) is 29.0 Å². The molecule has 0 saturated carbocycles. The average molecular weight is 281 g/mol. The molecule has 19 heavy (non-hydrogen) atoms. The molecule has 102 valence electrons. The van der Waals surface area contributed by atoms with E-state index >= 15 is 0 Å². The SMILES string of the molecule is CN1CCCN(c2ccc(C(N)=S)cc2F)CC1=O. The molecule has 0 aliphatic carbocycles. The van der Waals surface area contributed by atoms with Crippen LogP contribution in [-0.4, -0.2) is 42.5 Å². The van der Waals surface area contributed by atoms with Crippen LogP contribution < -0.4 is 10.6 Å². The molecule has 1 aliphatic heterocycles. The maximum absolute atomic E-state index is 14.1. The summed E-state index contributed by atoms with van der Waals surface area (Å²) in [5.74, 6) is -0.405. The Morgan fingerprint density at radius 2 is 2.16 bits per heavy atom. The molecule has 6 heteroatoms. The van der Waals surface area contributed by atoms with E-state index in [-0.39, 0.29) is 17.4 Å². The molecule has 0 unspecified atom stereocenters. The topological polar surface area (TPSA) is 49.6 Å². The van der Waals surface area contributed by atoms with Gasteiger partial charge in [0.1, 0.15) is 10.8 Å². The Balaban J connectivity index is 2.26. The molecule has 1 aliphatic rings. The Hall–Kier alpha value is -1.69. The summed E-state index contributed by atoms with van der Waals surface area (Å²) in [7, 11) is 1.76. The molecule has 1 heterocycles. The van der Waals surface area contributed by atoms with Crippen LogP contribution in [0.5, 0.6) is 0 Å². The fourth-order valence-electron chi connectivity index (χ4n) is 2.11. The number of likely N-dealkylation sites (N-methyl/N-ethyl adjacent to an activating group) is 1. The number of thiocarbonyl (C=S) groups is 1.